The summed E-state index contributed by atoms with van der Waals surface area (Å²) in [6.45, 7) is 11.3. The molecule has 0 heterocycles. The van der Waals surface area contributed by atoms with Crippen LogP contribution in [0.25, 0.3) is 22.9 Å². The number of benzene rings is 4. The zero-order valence-corrected chi connectivity index (χ0v) is 23.5. The summed E-state index contributed by atoms with van der Waals surface area (Å²) in [7, 11) is 2.05. The molecule has 5 rings (SSSR count). The second-order valence-corrected chi connectivity index (χ2v) is 11.6. The van der Waals surface area contributed by atoms with Crippen molar-refractivity contribution >= 4 is 34.6 Å². The zero-order valence-electron chi connectivity index (χ0n) is 23.5. The first-order chi connectivity index (χ1) is 18.2. The van der Waals surface area contributed by atoms with Crippen molar-refractivity contribution in [3.63, 3.8) is 0 Å². The van der Waals surface area contributed by atoms with E-state index >= 15 is 0 Å². The van der Waals surface area contributed by atoms with Gasteiger partial charge >= 0.3 is 0 Å². The Morgan fingerprint density at radius 1 is 0.816 bits per heavy atom. The van der Waals surface area contributed by atoms with E-state index in [9.17, 15) is 0 Å². The van der Waals surface area contributed by atoms with Crippen molar-refractivity contribution in [2.24, 2.45) is 10.7 Å². The Balaban J connectivity index is 1.56. The summed E-state index contributed by atoms with van der Waals surface area (Å²) in [5.74, 6) is 1.03. The predicted molar refractivity (Wildman–Crippen MR) is 164 cm³/mol. The van der Waals surface area contributed by atoms with Gasteiger partial charge in [-0.05, 0) is 62.6 Å². The number of rotatable bonds is 6. The number of nitrogens with zero attached hydrogens (tertiary/aromatic N) is 2. The van der Waals surface area contributed by atoms with Gasteiger partial charge in [-0.2, -0.15) is 0 Å². The van der Waals surface area contributed by atoms with Gasteiger partial charge in [0.15, 0.2) is 5.96 Å². The van der Waals surface area contributed by atoms with Gasteiger partial charge in [0.05, 0.1) is 11.7 Å². The molecule has 0 spiro atoms. The molecule has 0 aromatic heterocycles. The van der Waals surface area contributed by atoms with Crippen molar-refractivity contribution in [2.45, 2.75) is 58.4 Å². The van der Waals surface area contributed by atoms with E-state index in [0.29, 0.717) is 11.9 Å². The number of aliphatic imine (C=N–C) groups is 1. The van der Waals surface area contributed by atoms with Crippen molar-refractivity contribution in [2.75, 3.05) is 7.05 Å². The highest BCUT2D eigenvalue weighted by Gasteiger charge is 2.23. The van der Waals surface area contributed by atoms with Crippen molar-refractivity contribution in [1.29, 1.82) is 0 Å². The van der Waals surface area contributed by atoms with Gasteiger partial charge in [-0.25, -0.2) is 4.99 Å². The smallest absolute Gasteiger partial charge is 0.197 e. The van der Waals surface area contributed by atoms with Crippen molar-refractivity contribution in [3.05, 3.63) is 112 Å². The number of nitrogens with two attached hydrogens (primary N) is 1. The Kier molecular flexibility index (Phi) is 6.88. The van der Waals surface area contributed by atoms with Crippen LogP contribution in [0.2, 0.25) is 0 Å². The van der Waals surface area contributed by atoms with Gasteiger partial charge in [0, 0.05) is 12.4 Å². The maximum Gasteiger partial charge on any atom is 0.197 e. The fourth-order valence-corrected chi connectivity index (χ4v) is 5.38. The SMILES string of the molecule is CCC(C)c1ccc(C(c2ccc(C(C)(C)C)cc2)N(C)C(N)=Nc2ccc3c4c(cccc24)C=C3)cc1. The van der Waals surface area contributed by atoms with Gasteiger partial charge in [-0.15, -0.1) is 0 Å². The van der Waals surface area contributed by atoms with Gasteiger partial charge < -0.3 is 10.6 Å². The molecular weight excluding hydrogens is 462 g/mol. The van der Waals surface area contributed by atoms with Crippen molar-refractivity contribution < 1.29 is 0 Å². The first-order valence-corrected chi connectivity index (χ1v) is 13.7. The van der Waals surface area contributed by atoms with Gasteiger partial charge in [0.2, 0.25) is 0 Å². The second-order valence-electron chi connectivity index (χ2n) is 11.6. The molecule has 38 heavy (non-hydrogen) atoms. The highest BCUT2D eigenvalue weighted by Crippen LogP contribution is 2.37. The van der Waals surface area contributed by atoms with Crippen molar-refractivity contribution in [1.82, 2.24) is 4.90 Å². The Morgan fingerprint density at radius 2 is 1.39 bits per heavy atom. The highest BCUT2D eigenvalue weighted by molar-refractivity contribution is 6.09. The molecule has 3 heteroatoms. The first kappa shape index (κ1) is 25.8. The van der Waals surface area contributed by atoms with Crippen LogP contribution in [0.5, 0.6) is 0 Å². The van der Waals surface area contributed by atoms with Gasteiger partial charge in [-0.1, -0.05) is 120 Å². The summed E-state index contributed by atoms with van der Waals surface area (Å²) in [6, 6.07) is 28.5. The summed E-state index contributed by atoms with van der Waals surface area (Å²) in [6.07, 6.45) is 5.46. The van der Waals surface area contributed by atoms with Crippen LogP contribution in [-0.4, -0.2) is 17.9 Å². The molecule has 0 bridgehead atoms. The van der Waals surface area contributed by atoms with E-state index in [4.69, 9.17) is 10.7 Å². The summed E-state index contributed by atoms with van der Waals surface area (Å²) in [5.41, 5.74) is 15.3. The molecule has 0 saturated heterocycles. The Morgan fingerprint density at radius 3 is 2.00 bits per heavy atom. The molecule has 3 nitrogen and oxygen atoms in total. The molecule has 2 unspecified atom stereocenters. The van der Waals surface area contributed by atoms with Crippen LogP contribution in [0.1, 0.15) is 86.4 Å². The average molecular weight is 502 g/mol. The normalized spacial score (nSPS) is 14.6. The van der Waals surface area contributed by atoms with Gasteiger partial charge in [0.1, 0.15) is 0 Å². The largest absolute Gasteiger partial charge is 0.369 e. The lowest BCUT2D eigenvalue weighted by Gasteiger charge is -2.31. The minimum absolute atomic E-state index is 0.0581. The predicted octanol–water partition coefficient (Wildman–Crippen LogP) is 8.80. The second kappa shape index (κ2) is 10.1. The lowest BCUT2D eigenvalue weighted by Crippen LogP contribution is -2.37. The fraction of sp³-hybridized carbons (Fsp3) is 0.286. The van der Waals surface area contributed by atoms with Gasteiger partial charge in [-0.3, -0.25) is 0 Å². The molecule has 4 aromatic rings. The van der Waals surface area contributed by atoms with Crippen LogP contribution in [0.3, 0.4) is 0 Å². The Bertz CT molecular complexity index is 1490. The zero-order chi connectivity index (χ0) is 27.0. The maximum absolute atomic E-state index is 6.77. The molecule has 0 saturated carbocycles. The van der Waals surface area contributed by atoms with E-state index in [1.165, 1.54) is 38.8 Å². The molecule has 0 radical (unpaired) electrons. The average Bonchev–Trinajstić information content (AvgIpc) is 3.34. The maximum atomic E-state index is 6.77. The lowest BCUT2D eigenvalue weighted by atomic mass is 9.85. The first-order valence-electron chi connectivity index (χ1n) is 13.7. The molecule has 0 fully saturated rings. The third-order valence-corrected chi connectivity index (χ3v) is 8.03. The summed E-state index contributed by atoms with van der Waals surface area (Å²) in [5, 5.41) is 2.38. The summed E-state index contributed by atoms with van der Waals surface area (Å²) >= 11 is 0. The molecule has 194 valence electrons. The quantitative estimate of drug-likeness (QED) is 0.187. The molecule has 4 aromatic carbocycles. The summed E-state index contributed by atoms with van der Waals surface area (Å²) in [4.78, 5) is 7.08. The highest BCUT2D eigenvalue weighted by atomic mass is 15.3. The van der Waals surface area contributed by atoms with Crippen LogP contribution in [0.15, 0.2) is 83.9 Å². The van der Waals surface area contributed by atoms with Crippen LogP contribution in [0.4, 0.5) is 5.69 Å². The number of hydrogen-bond acceptors (Lipinski definition) is 1. The molecular formula is C35H39N3. The molecule has 1 aliphatic rings. The Labute approximate surface area is 227 Å². The molecule has 2 atom stereocenters. The van der Waals surface area contributed by atoms with Crippen LogP contribution < -0.4 is 5.73 Å². The molecule has 2 N–H and O–H groups in total. The molecule has 0 aliphatic heterocycles. The van der Waals surface area contributed by atoms with Crippen LogP contribution in [-0.2, 0) is 5.41 Å². The minimum Gasteiger partial charge on any atom is -0.369 e. The number of hydrogen-bond donors (Lipinski definition) is 1. The Hall–Kier alpha value is -3.85. The molecule has 0 amide bonds. The third kappa shape index (κ3) is 4.86. The van der Waals surface area contributed by atoms with E-state index in [1.54, 1.807) is 0 Å². The number of guanidine groups is 1. The molecule has 1 aliphatic carbocycles. The van der Waals surface area contributed by atoms with E-state index in [2.05, 4.69) is 131 Å². The monoisotopic (exact) mass is 501 g/mol. The van der Waals surface area contributed by atoms with E-state index in [0.717, 1.165) is 17.5 Å². The minimum atomic E-state index is -0.0581. The third-order valence-electron chi connectivity index (χ3n) is 8.03. The van der Waals surface area contributed by atoms with Crippen LogP contribution in [0, 0.1) is 0 Å². The van der Waals surface area contributed by atoms with Crippen molar-refractivity contribution in [3.8, 4) is 0 Å². The fourth-order valence-electron chi connectivity index (χ4n) is 5.38. The standard InChI is InChI=1S/C35H39N3/c1-7-23(2)24-11-15-27(16-12-24)33(28-17-20-29(21-18-28)35(3,4)5)38(6)34(36)37-31-22-19-26-14-13-25-9-8-10-30(31)32(25)26/h8-23,33H,7H2,1-6H3,(H2,36,37). The summed E-state index contributed by atoms with van der Waals surface area (Å²) < 4.78 is 0. The topological polar surface area (TPSA) is 41.6 Å². The van der Waals surface area contributed by atoms with E-state index in [1.807, 2.05) is 7.05 Å². The lowest BCUT2D eigenvalue weighted by molar-refractivity contribution is 0.422. The van der Waals surface area contributed by atoms with E-state index < -0.39 is 0 Å². The van der Waals surface area contributed by atoms with Crippen LogP contribution >= 0.6 is 0 Å². The van der Waals surface area contributed by atoms with E-state index in [-0.39, 0.29) is 11.5 Å². The van der Waals surface area contributed by atoms with Gasteiger partial charge in [0.25, 0.3) is 0 Å².